The third kappa shape index (κ3) is 10.7. The number of fused-ring (bicyclic) bond motifs is 1. The quantitative estimate of drug-likeness (QED) is 0.146. The fourth-order valence-electron chi connectivity index (χ4n) is 8.14. The molecule has 54 heavy (non-hydrogen) atoms. The summed E-state index contributed by atoms with van der Waals surface area (Å²) in [6.45, 7) is 13.4. The molecule has 1 heterocycles. The van der Waals surface area contributed by atoms with Crippen molar-refractivity contribution in [1.29, 1.82) is 0 Å². The summed E-state index contributed by atoms with van der Waals surface area (Å²) in [4.78, 5) is 71.0. The summed E-state index contributed by atoms with van der Waals surface area (Å²) in [5.41, 5.74) is 0.601. The predicted octanol–water partition coefficient (Wildman–Crippen LogP) is 3.76. The molecule has 304 valence electrons. The first-order valence-corrected chi connectivity index (χ1v) is 19.7. The minimum atomic E-state index is -1.21. The van der Waals surface area contributed by atoms with Gasteiger partial charge in [-0.15, -0.1) is 0 Å². The van der Waals surface area contributed by atoms with Gasteiger partial charge in [0.05, 0.1) is 42.7 Å². The fraction of sp³-hybridized carbons (Fsp3) is 0.725. The molecular weight excluding hydrogens is 714 g/mol. The van der Waals surface area contributed by atoms with Crippen molar-refractivity contribution < 1.29 is 38.6 Å². The Bertz CT molecular complexity index is 1460. The van der Waals surface area contributed by atoms with E-state index in [4.69, 9.17) is 21.1 Å². The van der Waals surface area contributed by atoms with Crippen molar-refractivity contribution in [2.24, 2.45) is 29.6 Å². The van der Waals surface area contributed by atoms with E-state index in [0.29, 0.717) is 23.4 Å². The van der Waals surface area contributed by atoms with Crippen LogP contribution in [-0.2, 0) is 39.9 Å². The second-order valence-corrected chi connectivity index (χ2v) is 16.3. The number of rotatable bonds is 21. The van der Waals surface area contributed by atoms with Crippen LogP contribution < -0.4 is 16.0 Å². The number of carboxylic acid groups (broad SMARTS) is 1. The van der Waals surface area contributed by atoms with Crippen LogP contribution in [0, 0.1) is 29.6 Å². The standard InChI is InChI=1S/C40H64ClN5O8/c1-12-23(6)35(45(9)39(50)34(22(4)5)44-38(49)33(42-8)21(2)3)31(53-10)20-32(47)46-29-18-26(29)19-30(46)36(54-11)24(7)37(48)43-28(40(51)52)17-25-15-13-14-16-27(25)41/h13-16,21-24,26,28-31,33-36,42H,12,17-20H2,1-11H3,(H,43,48)(H,44,49)(H,51,52)/t23-,24+,26-,28?,29-,30-,31+,33-,34-,35?,36+/m0/s1. The van der Waals surface area contributed by atoms with Crippen LogP contribution in [0.2, 0.25) is 5.02 Å². The number of carboxylic acids is 1. The molecule has 0 radical (unpaired) electrons. The number of hydrogen-bond donors (Lipinski definition) is 4. The van der Waals surface area contributed by atoms with Crippen molar-refractivity contribution in [2.75, 3.05) is 28.3 Å². The number of piperidine rings is 1. The Morgan fingerprint density at radius 1 is 0.944 bits per heavy atom. The summed E-state index contributed by atoms with van der Waals surface area (Å²) in [6.07, 6.45) is 0.859. The molecule has 1 aliphatic heterocycles. The maximum Gasteiger partial charge on any atom is 0.326 e. The average Bonchev–Trinajstić information content (AvgIpc) is 3.78. The highest BCUT2D eigenvalue weighted by molar-refractivity contribution is 6.31. The highest BCUT2D eigenvalue weighted by atomic mass is 35.5. The summed E-state index contributed by atoms with van der Waals surface area (Å²) in [5.74, 6) is -3.09. The summed E-state index contributed by atoms with van der Waals surface area (Å²) in [7, 11) is 6.48. The van der Waals surface area contributed by atoms with Crippen molar-refractivity contribution in [3.8, 4) is 0 Å². The number of aliphatic carboxylic acids is 1. The number of ether oxygens (including phenoxy) is 2. The van der Waals surface area contributed by atoms with E-state index in [1.54, 1.807) is 57.3 Å². The van der Waals surface area contributed by atoms with Crippen molar-refractivity contribution in [1.82, 2.24) is 25.8 Å². The second kappa shape index (κ2) is 20.1. The minimum Gasteiger partial charge on any atom is -0.480 e. The van der Waals surface area contributed by atoms with Crippen LogP contribution in [0.25, 0.3) is 0 Å². The van der Waals surface area contributed by atoms with Gasteiger partial charge in [0.1, 0.15) is 12.1 Å². The topological polar surface area (TPSA) is 167 Å². The molecule has 2 aliphatic rings. The molecule has 1 aromatic rings. The Morgan fingerprint density at radius 2 is 1.57 bits per heavy atom. The highest BCUT2D eigenvalue weighted by Gasteiger charge is 2.57. The van der Waals surface area contributed by atoms with Crippen LogP contribution in [0.1, 0.15) is 79.7 Å². The van der Waals surface area contributed by atoms with E-state index in [0.717, 1.165) is 6.42 Å². The van der Waals surface area contributed by atoms with Crippen molar-refractivity contribution >= 4 is 41.2 Å². The maximum absolute atomic E-state index is 14.4. The van der Waals surface area contributed by atoms with E-state index in [1.807, 2.05) is 46.4 Å². The van der Waals surface area contributed by atoms with Gasteiger partial charge in [0.15, 0.2) is 0 Å². The van der Waals surface area contributed by atoms with E-state index in [9.17, 15) is 29.1 Å². The maximum atomic E-state index is 14.4. The molecule has 0 bridgehead atoms. The number of methoxy groups -OCH3 is 2. The normalized spacial score (nSPS) is 22.3. The molecule has 2 fully saturated rings. The number of carbonyl (C=O) groups is 5. The molecule has 1 saturated heterocycles. The Hall–Kier alpha value is -3.26. The van der Waals surface area contributed by atoms with Gasteiger partial charge in [-0.05, 0) is 55.2 Å². The van der Waals surface area contributed by atoms with Gasteiger partial charge in [-0.1, -0.05) is 84.7 Å². The summed E-state index contributed by atoms with van der Waals surface area (Å²) in [6, 6.07) is 3.54. The zero-order valence-corrected chi connectivity index (χ0v) is 34.7. The molecule has 2 unspecified atom stereocenters. The number of halogens is 1. The third-order valence-corrected chi connectivity index (χ3v) is 11.9. The Morgan fingerprint density at radius 3 is 2.09 bits per heavy atom. The molecule has 0 spiro atoms. The van der Waals surface area contributed by atoms with E-state index in [-0.39, 0.29) is 60.3 Å². The van der Waals surface area contributed by atoms with Crippen LogP contribution in [0.15, 0.2) is 24.3 Å². The fourth-order valence-corrected chi connectivity index (χ4v) is 8.35. The first kappa shape index (κ1) is 45.1. The molecule has 0 aromatic heterocycles. The summed E-state index contributed by atoms with van der Waals surface area (Å²) in [5, 5.41) is 19.1. The first-order chi connectivity index (χ1) is 25.4. The molecule has 14 heteroatoms. The highest BCUT2D eigenvalue weighted by Crippen LogP contribution is 2.50. The minimum absolute atomic E-state index is 0.00271. The first-order valence-electron chi connectivity index (χ1n) is 19.3. The lowest BCUT2D eigenvalue weighted by Gasteiger charge is -2.41. The SMILES string of the molecule is CC[C@H](C)C([C@@H](CC(=O)N1[C@H]2C[C@H]2C[C@H]1[C@H](OC)[C@@H](C)C(=O)NC(Cc1ccccc1Cl)C(=O)O)OC)N(C)C(=O)[C@@H](NC(=O)[C@@H](NC)C(C)C)C(C)C. The largest absolute Gasteiger partial charge is 0.480 e. The lowest BCUT2D eigenvalue weighted by molar-refractivity contribution is -0.149. The molecule has 1 saturated carbocycles. The van der Waals surface area contributed by atoms with Gasteiger partial charge in [0.25, 0.3) is 0 Å². The van der Waals surface area contributed by atoms with Gasteiger partial charge in [0.2, 0.25) is 23.6 Å². The number of amides is 4. The number of carbonyl (C=O) groups excluding carboxylic acids is 4. The Kier molecular flexibility index (Phi) is 16.8. The lowest BCUT2D eigenvalue weighted by Crippen LogP contribution is -2.59. The van der Waals surface area contributed by atoms with Crippen molar-refractivity contribution in [2.45, 2.75) is 129 Å². The van der Waals surface area contributed by atoms with Crippen LogP contribution >= 0.6 is 11.6 Å². The van der Waals surface area contributed by atoms with Crippen LogP contribution in [0.5, 0.6) is 0 Å². The van der Waals surface area contributed by atoms with E-state index in [1.165, 1.54) is 7.11 Å². The lowest BCUT2D eigenvalue weighted by atomic mass is 9.89. The van der Waals surface area contributed by atoms with Gasteiger partial charge >= 0.3 is 5.97 Å². The van der Waals surface area contributed by atoms with Crippen LogP contribution in [0.4, 0.5) is 0 Å². The van der Waals surface area contributed by atoms with Gasteiger partial charge < -0.3 is 40.3 Å². The molecule has 1 aromatic carbocycles. The predicted molar refractivity (Wildman–Crippen MR) is 208 cm³/mol. The van der Waals surface area contributed by atoms with E-state index >= 15 is 0 Å². The van der Waals surface area contributed by atoms with E-state index in [2.05, 4.69) is 16.0 Å². The summed E-state index contributed by atoms with van der Waals surface area (Å²) >= 11 is 6.28. The zero-order valence-electron chi connectivity index (χ0n) is 33.9. The smallest absolute Gasteiger partial charge is 0.326 e. The molecule has 1 aliphatic carbocycles. The van der Waals surface area contributed by atoms with E-state index < -0.39 is 60.2 Å². The number of likely N-dealkylation sites (N-methyl/N-ethyl adjacent to an activating group) is 2. The van der Waals surface area contributed by atoms with Crippen LogP contribution in [-0.4, -0.2) is 121 Å². The monoisotopic (exact) mass is 777 g/mol. The molecule has 4 amide bonds. The Balaban J connectivity index is 1.81. The number of likely N-dealkylation sites (tertiary alicyclic amines) is 1. The second-order valence-electron chi connectivity index (χ2n) is 15.9. The summed E-state index contributed by atoms with van der Waals surface area (Å²) < 4.78 is 11.9. The van der Waals surface area contributed by atoms with Crippen LogP contribution in [0.3, 0.4) is 0 Å². The number of nitrogens with zero attached hydrogens (tertiary/aromatic N) is 2. The van der Waals surface area contributed by atoms with Gasteiger partial charge in [0, 0.05) is 38.8 Å². The molecule has 3 rings (SSSR count). The zero-order chi connectivity index (χ0) is 40.6. The van der Waals surface area contributed by atoms with Gasteiger partial charge in [-0.25, -0.2) is 4.79 Å². The number of hydrogen-bond acceptors (Lipinski definition) is 8. The van der Waals surface area contributed by atoms with Gasteiger partial charge in [-0.2, -0.15) is 0 Å². The molecule has 4 N–H and O–H groups in total. The molecule has 11 atom stereocenters. The average molecular weight is 778 g/mol. The number of nitrogens with one attached hydrogen (secondary N) is 3. The molecular formula is C40H64ClN5O8. The van der Waals surface area contributed by atoms with Crippen molar-refractivity contribution in [3.63, 3.8) is 0 Å². The number of benzene rings is 1. The van der Waals surface area contributed by atoms with Gasteiger partial charge in [-0.3, -0.25) is 19.2 Å². The molecule has 13 nitrogen and oxygen atoms in total. The Labute approximate surface area is 326 Å². The third-order valence-electron chi connectivity index (χ3n) is 11.6. The van der Waals surface area contributed by atoms with Crippen molar-refractivity contribution in [3.05, 3.63) is 34.9 Å².